The smallest absolute Gasteiger partial charge is 0.264 e. The zero-order valence-electron chi connectivity index (χ0n) is 15.5. The topological polar surface area (TPSA) is 84.0 Å². The first-order chi connectivity index (χ1) is 14.4. The molecule has 0 aliphatic carbocycles. The number of para-hydroxylation sites is 2. The second kappa shape index (κ2) is 8.47. The highest BCUT2D eigenvalue weighted by Gasteiger charge is 2.22. The molecule has 30 heavy (non-hydrogen) atoms. The molecular formula is C21H16Cl2N4O2S. The van der Waals surface area contributed by atoms with Gasteiger partial charge in [-0.15, -0.1) is 0 Å². The molecule has 1 aromatic heterocycles. The van der Waals surface area contributed by atoms with Crippen LogP contribution in [0.2, 0.25) is 10.0 Å². The van der Waals surface area contributed by atoms with Gasteiger partial charge in [0.15, 0.2) is 11.6 Å². The van der Waals surface area contributed by atoms with Crippen LogP contribution in [-0.4, -0.2) is 18.4 Å². The van der Waals surface area contributed by atoms with Crippen molar-refractivity contribution in [3.8, 4) is 0 Å². The molecule has 0 bridgehead atoms. The third kappa shape index (κ3) is 4.48. The molecule has 152 valence electrons. The Balaban J connectivity index is 1.73. The summed E-state index contributed by atoms with van der Waals surface area (Å²) < 4.78 is 28.5. The highest BCUT2D eigenvalue weighted by atomic mass is 35.5. The quantitative estimate of drug-likeness (QED) is 0.406. The molecule has 9 heteroatoms. The van der Waals surface area contributed by atoms with Crippen LogP contribution in [0.5, 0.6) is 0 Å². The van der Waals surface area contributed by atoms with Crippen molar-refractivity contribution in [3.63, 3.8) is 0 Å². The van der Waals surface area contributed by atoms with Crippen molar-refractivity contribution in [2.45, 2.75) is 11.4 Å². The Labute approximate surface area is 183 Å². The first-order valence-electron chi connectivity index (χ1n) is 8.95. The van der Waals surface area contributed by atoms with Crippen molar-refractivity contribution in [1.82, 2.24) is 9.97 Å². The zero-order valence-corrected chi connectivity index (χ0v) is 17.8. The molecule has 0 unspecified atom stereocenters. The molecular weight excluding hydrogens is 443 g/mol. The number of hydrogen-bond acceptors (Lipinski definition) is 5. The first-order valence-corrected chi connectivity index (χ1v) is 11.2. The number of rotatable bonds is 6. The minimum Gasteiger partial charge on any atom is -0.363 e. The summed E-state index contributed by atoms with van der Waals surface area (Å²) in [5.74, 6) is 0.375. The van der Waals surface area contributed by atoms with Gasteiger partial charge in [0.25, 0.3) is 10.0 Å². The number of anilines is 2. The second-order valence-corrected chi connectivity index (χ2v) is 8.92. The van der Waals surface area contributed by atoms with Gasteiger partial charge >= 0.3 is 0 Å². The minimum atomic E-state index is -4.05. The van der Waals surface area contributed by atoms with Crippen LogP contribution in [0.1, 0.15) is 5.56 Å². The van der Waals surface area contributed by atoms with Crippen LogP contribution >= 0.6 is 23.2 Å². The SMILES string of the molecule is O=S(=O)(Nc1nc2ccccc2nc1NCc1ccccc1)c1cc(Cl)ccc1Cl. The van der Waals surface area contributed by atoms with Crippen molar-refractivity contribution in [3.05, 3.63) is 88.4 Å². The molecule has 4 rings (SSSR count). The first kappa shape index (κ1) is 20.4. The Morgan fingerprint density at radius 1 is 0.800 bits per heavy atom. The van der Waals surface area contributed by atoms with E-state index < -0.39 is 10.0 Å². The van der Waals surface area contributed by atoms with Crippen LogP contribution in [0.3, 0.4) is 0 Å². The Kier molecular flexibility index (Phi) is 5.76. The highest BCUT2D eigenvalue weighted by molar-refractivity contribution is 7.92. The summed E-state index contributed by atoms with van der Waals surface area (Å²) in [6.07, 6.45) is 0. The Bertz CT molecular complexity index is 1320. The van der Waals surface area contributed by atoms with Gasteiger partial charge in [0.05, 0.1) is 16.1 Å². The van der Waals surface area contributed by atoms with Crippen LogP contribution in [0.15, 0.2) is 77.7 Å². The van der Waals surface area contributed by atoms with E-state index in [0.717, 1.165) is 5.56 Å². The average Bonchev–Trinajstić information content (AvgIpc) is 2.74. The zero-order chi connectivity index (χ0) is 21.1. The van der Waals surface area contributed by atoms with E-state index in [1.54, 1.807) is 12.1 Å². The van der Waals surface area contributed by atoms with Gasteiger partial charge in [-0.1, -0.05) is 65.7 Å². The monoisotopic (exact) mass is 458 g/mol. The molecule has 4 aromatic rings. The fourth-order valence-corrected chi connectivity index (χ4v) is 4.61. The number of aromatic nitrogens is 2. The lowest BCUT2D eigenvalue weighted by Crippen LogP contribution is -2.17. The van der Waals surface area contributed by atoms with Crippen molar-refractivity contribution >= 4 is 55.9 Å². The summed E-state index contributed by atoms with van der Waals surface area (Å²) >= 11 is 12.1. The van der Waals surface area contributed by atoms with E-state index in [2.05, 4.69) is 20.0 Å². The van der Waals surface area contributed by atoms with Crippen LogP contribution in [0.25, 0.3) is 11.0 Å². The third-order valence-corrected chi connectivity index (χ3v) is 6.34. The number of nitrogens with one attached hydrogen (secondary N) is 2. The molecule has 0 saturated heterocycles. The van der Waals surface area contributed by atoms with E-state index in [9.17, 15) is 8.42 Å². The van der Waals surface area contributed by atoms with Crippen LogP contribution in [-0.2, 0) is 16.6 Å². The standard InChI is InChI=1S/C21H16Cl2N4O2S/c22-15-10-11-16(23)19(12-15)30(28,29)27-21-20(24-13-14-6-2-1-3-7-14)25-17-8-4-5-9-18(17)26-21/h1-12H,13H2,(H,24,25)(H,26,27). The molecule has 0 aliphatic rings. The van der Waals surface area contributed by atoms with Gasteiger partial charge < -0.3 is 5.32 Å². The number of benzene rings is 3. The van der Waals surface area contributed by atoms with E-state index in [1.807, 2.05) is 42.5 Å². The number of nitrogens with zero attached hydrogens (tertiary/aromatic N) is 2. The summed E-state index contributed by atoms with van der Waals surface area (Å²) in [7, 11) is -4.05. The lowest BCUT2D eigenvalue weighted by atomic mass is 10.2. The minimum absolute atomic E-state index is 0.0550. The van der Waals surface area contributed by atoms with Gasteiger partial charge in [0, 0.05) is 11.6 Å². The molecule has 0 amide bonds. The van der Waals surface area contributed by atoms with E-state index in [-0.39, 0.29) is 20.8 Å². The van der Waals surface area contributed by atoms with Gasteiger partial charge in [-0.3, -0.25) is 4.72 Å². The number of sulfonamides is 1. The fourth-order valence-electron chi connectivity index (χ4n) is 2.84. The predicted molar refractivity (Wildman–Crippen MR) is 121 cm³/mol. The molecule has 0 fully saturated rings. The van der Waals surface area contributed by atoms with Gasteiger partial charge in [-0.05, 0) is 35.9 Å². The van der Waals surface area contributed by atoms with Gasteiger partial charge in [-0.2, -0.15) is 0 Å². The maximum atomic E-state index is 13.0. The van der Waals surface area contributed by atoms with Gasteiger partial charge in [-0.25, -0.2) is 18.4 Å². The highest BCUT2D eigenvalue weighted by Crippen LogP contribution is 2.29. The molecule has 1 heterocycles. The molecule has 0 saturated carbocycles. The maximum absolute atomic E-state index is 13.0. The number of fused-ring (bicyclic) bond motifs is 1. The van der Waals surface area contributed by atoms with E-state index >= 15 is 0 Å². The maximum Gasteiger partial charge on any atom is 0.264 e. The summed E-state index contributed by atoms with van der Waals surface area (Å²) in [5, 5.41) is 3.47. The molecule has 0 atom stereocenters. The molecule has 6 nitrogen and oxygen atoms in total. The van der Waals surface area contributed by atoms with Crippen molar-refractivity contribution < 1.29 is 8.42 Å². The van der Waals surface area contributed by atoms with Gasteiger partial charge in [0.2, 0.25) is 0 Å². The molecule has 0 aliphatic heterocycles. The molecule has 3 aromatic carbocycles. The van der Waals surface area contributed by atoms with E-state index in [1.165, 1.54) is 18.2 Å². The fraction of sp³-hybridized carbons (Fsp3) is 0.0476. The predicted octanol–water partition coefficient (Wildman–Crippen LogP) is 5.35. The molecule has 0 spiro atoms. The van der Waals surface area contributed by atoms with Crippen molar-refractivity contribution in [1.29, 1.82) is 0 Å². The van der Waals surface area contributed by atoms with Crippen molar-refractivity contribution in [2.75, 3.05) is 10.0 Å². The normalized spacial score (nSPS) is 11.4. The van der Waals surface area contributed by atoms with Crippen molar-refractivity contribution in [2.24, 2.45) is 0 Å². The third-order valence-electron chi connectivity index (χ3n) is 4.29. The van der Waals surface area contributed by atoms with E-state index in [4.69, 9.17) is 23.2 Å². The average molecular weight is 459 g/mol. The summed E-state index contributed by atoms with van der Waals surface area (Å²) in [6.45, 7) is 0.445. The summed E-state index contributed by atoms with van der Waals surface area (Å²) in [6, 6.07) is 21.1. The van der Waals surface area contributed by atoms with Crippen LogP contribution in [0, 0.1) is 0 Å². The number of hydrogen-bond donors (Lipinski definition) is 2. The Hall–Kier alpha value is -2.87. The Morgan fingerprint density at radius 3 is 2.13 bits per heavy atom. The molecule has 2 N–H and O–H groups in total. The second-order valence-electron chi connectivity index (χ2n) is 6.43. The van der Waals surface area contributed by atoms with Crippen LogP contribution < -0.4 is 10.0 Å². The number of halogens is 2. The lowest BCUT2D eigenvalue weighted by Gasteiger charge is -2.14. The lowest BCUT2D eigenvalue weighted by molar-refractivity contribution is 0.601. The van der Waals surface area contributed by atoms with Gasteiger partial charge in [0.1, 0.15) is 4.90 Å². The van der Waals surface area contributed by atoms with Crippen LogP contribution in [0.4, 0.5) is 11.6 Å². The van der Waals surface area contributed by atoms with E-state index in [0.29, 0.717) is 23.4 Å². The summed E-state index contributed by atoms with van der Waals surface area (Å²) in [4.78, 5) is 8.87. The largest absolute Gasteiger partial charge is 0.363 e. The summed E-state index contributed by atoms with van der Waals surface area (Å²) in [5.41, 5.74) is 2.20. The molecule has 0 radical (unpaired) electrons. The Morgan fingerprint density at radius 2 is 1.43 bits per heavy atom.